The molecule has 1 aliphatic heterocycles. The second-order valence-corrected chi connectivity index (χ2v) is 13.3. The van der Waals surface area contributed by atoms with Crippen LogP contribution in [0.3, 0.4) is 0 Å². The number of pyridine rings is 1. The van der Waals surface area contributed by atoms with Gasteiger partial charge < -0.3 is 14.5 Å². The van der Waals surface area contributed by atoms with Crippen LogP contribution < -0.4 is 10.3 Å². The summed E-state index contributed by atoms with van der Waals surface area (Å²) in [6.45, 7) is 5.33. The molecule has 1 aromatic carbocycles. The molecule has 0 amide bonds. The van der Waals surface area contributed by atoms with Gasteiger partial charge in [0.2, 0.25) is 10.0 Å². The van der Waals surface area contributed by atoms with Crippen molar-refractivity contribution >= 4 is 39.4 Å². The van der Waals surface area contributed by atoms with Gasteiger partial charge >= 0.3 is 5.97 Å². The number of hydrogen-bond donors (Lipinski definition) is 1. The molecular formula is C32H41ClN6O6S. The number of piperidine rings is 1. The van der Waals surface area contributed by atoms with Gasteiger partial charge in [0, 0.05) is 39.0 Å². The Labute approximate surface area is 275 Å². The Bertz CT molecular complexity index is 1800. The van der Waals surface area contributed by atoms with Crippen LogP contribution in [-0.4, -0.2) is 63.1 Å². The zero-order valence-electron chi connectivity index (χ0n) is 26.4. The second-order valence-electron chi connectivity index (χ2n) is 11.3. The number of ether oxygens (including phenoxy) is 2. The minimum Gasteiger partial charge on any atom is -0.493 e. The minimum atomic E-state index is -3.84. The van der Waals surface area contributed by atoms with E-state index >= 15 is 0 Å². The number of carbonyl (C=O) groups excluding carboxylic acids is 1. The lowest BCUT2D eigenvalue weighted by Crippen LogP contribution is -2.38. The number of esters is 1. The minimum absolute atomic E-state index is 0. The molecule has 4 heterocycles. The van der Waals surface area contributed by atoms with Crippen molar-refractivity contribution in [1.29, 1.82) is 0 Å². The Morgan fingerprint density at radius 3 is 2.52 bits per heavy atom. The van der Waals surface area contributed by atoms with E-state index in [1.165, 1.54) is 21.1 Å². The van der Waals surface area contributed by atoms with Gasteiger partial charge in [0.1, 0.15) is 23.7 Å². The van der Waals surface area contributed by atoms with Crippen molar-refractivity contribution in [2.45, 2.75) is 70.3 Å². The van der Waals surface area contributed by atoms with E-state index in [2.05, 4.69) is 15.1 Å². The van der Waals surface area contributed by atoms with Crippen LogP contribution in [0.15, 0.2) is 52.4 Å². The third-order valence-electron chi connectivity index (χ3n) is 8.03. The van der Waals surface area contributed by atoms with Gasteiger partial charge in [-0.25, -0.2) is 13.4 Å². The molecule has 3 aromatic heterocycles. The van der Waals surface area contributed by atoms with Crippen LogP contribution in [0, 0.1) is 5.92 Å². The van der Waals surface area contributed by atoms with Gasteiger partial charge in [-0.15, -0.1) is 12.4 Å². The summed E-state index contributed by atoms with van der Waals surface area (Å²) in [5.74, 6) is 0.630. The number of fused-ring (bicyclic) bond motifs is 1. The van der Waals surface area contributed by atoms with Crippen LogP contribution in [0.25, 0.3) is 22.4 Å². The molecule has 1 aliphatic rings. The van der Waals surface area contributed by atoms with Crippen molar-refractivity contribution in [3.8, 4) is 17.1 Å². The molecule has 248 valence electrons. The summed E-state index contributed by atoms with van der Waals surface area (Å²) >= 11 is 0. The lowest BCUT2D eigenvalue weighted by molar-refractivity contribution is -0.145. The van der Waals surface area contributed by atoms with E-state index in [-0.39, 0.29) is 53.6 Å². The normalized spacial score (nSPS) is 14.2. The first-order chi connectivity index (χ1) is 21.7. The largest absolute Gasteiger partial charge is 0.493 e. The Morgan fingerprint density at radius 2 is 1.83 bits per heavy atom. The van der Waals surface area contributed by atoms with Gasteiger partial charge in [0.15, 0.2) is 5.52 Å². The fraction of sp³-hybridized carbons (Fsp3) is 0.469. The molecule has 0 bridgehead atoms. The topological polar surface area (TPSA) is 149 Å². The van der Waals surface area contributed by atoms with Gasteiger partial charge in [-0.1, -0.05) is 20.3 Å². The van der Waals surface area contributed by atoms with Crippen molar-refractivity contribution in [2.75, 3.05) is 19.7 Å². The number of rotatable bonds is 13. The number of nitrogens with one attached hydrogen (secondary N) is 1. The third kappa shape index (κ3) is 7.94. The first-order valence-electron chi connectivity index (χ1n) is 15.5. The van der Waals surface area contributed by atoms with Gasteiger partial charge in [0.05, 0.1) is 22.8 Å². The second kappa shape index (κ2) is 15.7. The van der Waals surface area contributed by atoms with Gasteiger partial charge in [-0.2, -0.15) is 9.40 Å². The summed E-state index contributed by atoms with van der Waals surface area (Å²) in [6.07, 6.45) is 7.78. The van der Waals surface area contributed by atoms with Gasteiger partial charge in [-0.3, -0.25) is 19.3 Å². The van der Waals surface area contributed by atoms with Crippen LogP contribution in [-0.2, 0) is 39.6 Å². The van der Waals surface area contributed by atoms with Crippen molar-refractivity contribution in [1.82, 2.24) is 29.0 Å². The zero-order chi connectivity index (χ0) is 32.0. The van der Waals surface area contributed by atoms with Crippen LogP contribution in [0.5, 0.6) is 5.75 Å². The van der Waals surface area contributed by atoms with Crippen LogP contribution in [0.2, 0.25) is 0 Å². The lowest BCUT2D eigenvalue weighted by atomic mass is 9.93. The molecule has 0 aliphatic carbocycles. The number of aromatic nitrogens is 5. The van der Waals surface area contributed by atoms with Gasteiger partial charge in [0.25, 0.3) is 5.56 Å². The highest BCUT2D eigenvalue weighted by Gasteiger charge is 2.31. The Hall–Kier alpha value is -3.81. The standard InChI is InChI=1S/C32H40N6O6S.ClH/c1-4-6-26-29-30(37(3)36-26)32(40)35-31(34-29)25-20-24(8-9-27(25)43-19-5-2)45(41,42)38-17-13-22(14-18-38)7-10-28(39)44-21-23-11-15-33-16-12-23;/h8-9,11-12,15-16,20,22H,4-7,10,13-14,17-19,21H2,1-3H3,(H,34,35,40);1H. The summed E-state index contributed by atoms with van der Waals surface area (Å²) in [4.78, 5) is 37.0. The molecule has 4 aromatic rings. The van der Waals surface area contributed by atoms with E-state index in [1.807, 2.05) is 13.8 Å². The molecule has 0 radical (unpaired) electrons. The number of nitrogens with zero attached hydrogens (tertiary/aromatic N) is 5. The quantitative estimate of drug-likeness (QED) is 0.198. The maximum Gasteiger partial charge on any atom is 0.306 e. The highest BCUT2D eigenvalue weighted by Crippen LogP contribution is 2.34. The first kappa shape index (κ1) is 35.1. The highest BCUT2D eigenvalue weighted by molar-refractivity contribution is 7.89. The number of H-pyrrole nitrogens is 1. The molecule has 0 saturated carbocycles. The zero-order valence-corrected chi connectivity index (χ0v) is 28.0. The first-order valence-corrected chi connectivity index (χ1v) is 16.9. The molecule has 0 spiro atoms. The van der Waals surface area contributed by atoms with Gasteiger partial charge in [-0.05, 0) is 73.9 Å². The number of aromatic amines is 1. The predicted molar refractivity (Wildman–Crippen MR) is 176 cm³/mol. The molecule has 1 saturated heterocycles. The third-order valence-corrected chi connectivity index (χ3v) is 9.93. The van der Waals surface area contributed by atoms with Crippen molar-refractivity contribution in [3.05, 3.63) is 64.3 Å². The van der Waals surface area contributed by atoms with E-state index in [0.717, 1.165) is 18.4 Å². The average Bonchev–Trinajstić information content (AvgIpc) is 3.37. The summed E-state index contributed by atoms with van der Waals surface area (Å²) in [5, 5.41) is 4.49. The maximum absolute atomic E-state index is 13.8. The number of carbonyl (C=O) groups is 1. The lowest BCUT2D eigenvalue weighted by Gasteiger charge is -2.31. The monoisotopic (exact) mass is 672 g/mol. The van der Waals surface area contributed by atoms with Crippen LogP contribution in [0.1, 0.15) is 63.6 Å². The molecule has 0 unspecified atom stereocenters. The predicted octanol–water partition coefficient (Wildman–Crippen LogP) is 4.81. The van der Waals surface area contributed by atoms with E-state index < -0.39 is 10.0 Å². The summed E-state index contributed by atoms with van der Waals surface area (Å²) in [7, 11) is -2.14. The molecule has 5 rings (SSSR count). The fourth-order valence-electron chi connectivity index (χ4n) is 5.60. The molecular weight excluding hydrogens is 632 g/mol. The summed E-state index contributed by atoms with van der Waals surface area (Å²) < 4.78 is 42.0. The number of sulfonamides is 1. The molecule has 1 N–H and O–H groups in total. The Morgan fingerprint density at radius 1 is 1.09 bits per heavy atom. The Kier molecular flexibility index (Phi) is 11.9. The van der Waals surface area contributed by atoms with Crippen molar-refractivity contribution in [3.63, 3.8) is 0 Å². The van der Waals surface area contributed by atoms with Crippen molar-refractivity contribution < 1.29 is 22.7 Å². The van der Waals surface area contributed by atoms with E-state index in [0.29, 0.717) is 73.4 Å². The van der Waals surface area contributed by atoms with Crippen molar-refractivity contribution in [2.24, 2.45) is 13.0 Å². The van der Waals surface area contributed by atoms with Crippen LogP contribution >= 0.6 is 12.4 Å². The molecule has 14 heteroatoms. The number of hydrogen-bond acceptors (Lipinski definition) is 9. The average molecular weight is 673 g/mol. The highest BCUT2D eigenvalue weighted by atomic mass is 35.5. The summed E-state index contributed by atoms with van der Waals surface area (Å²) in [6, 6.07) is 8.30. The van der Waals surface area contributed by atoms with E-state index in [4.69, 9.17) is 14.5 Å². The maximum atomic E-state index is 13.8. The van der Waals surface area contributed by atoms with E-state index in [1.54, 1.807) is 37.6 Å². The number of halogens is 1. The fourth-order valence-corrected chi connectivity index (χ4v) is 7.09. The molecule has 1 fully saturated rings. The Balaban J connectivity index is 0.00000480. The molecule has 46 heavy (non-hydrogen) atoms. The smallest absolute Gasteiger partial charge is 0.306 e. The van der Waals surface area contributed by atoms with Crippen LogP contribution in [0.4, 0.5) is 0 Å². The number of aryl methyl sites for hydroxylation is 2. The SMILES string of the molecule is CCCOc1ccc(S(=O)(=O)N2CCC(CCC(=O)OCc3ccncc3)CC2)cc1-c1nc2c(CCC)nn(C)c2c(=O)[nH]1.Cl. The van der Waals surface area contributed by atoms with E-state index in [9.17, 15) is 18.0 Å². The summed E-state index contributed by atoms with van der Waals surface area (Å²) in [5.41, 5.74) is 2.50. The molecule has 12 nitrogen and oxygen atoms in total. The molecule has 0 atom stereocenters. The number of benzene rings is 1.